The predicted octanol–water partition coefficient (Wildman–Crippen LogP) is 1.64. The summed E-state index contributed by atoms with van der Waals surface area (Å²) >= 11 is 0. The van der Waals surface area contributed by atoms with Crippen molar-refractivity contribution in [3.8, 4) is 5.69 Å². The van der Waals surface area contributed by atoms with E-state index in [-0.39, 0.29) is 12.2 Å². The molecule has 0 fully saturated rings. The van der Waals surface area contributed by atoms with Crippen LogP contribution in [0.1, 0.15) is 12.1 Å². The van der Waals surface area contributed by atoms with E-state index in [2.05, 4.69) is 10.2 Å². The van der Waals surface area contributed by atoms with E-state index >= 15 is 0 Å². The smallest absolute Gasteiger partial charge is 0.255 e. The van der Waals surface area contributed by atoms with E-state index in [1.165, 1.54) is 6.07 Å². The van der Waals surface area contributed by atoms with Gasteiger partial charge in [-0.25, -0.2) is 0 Å². The van der Waals surface area contributed by atoms with Crippen LogP contribution < -0.4 is 5.56 Å². The molecular weight excluding hydrogens is 254 g/mol. The molecule has 102 valence electrons. The molecule has 3 aromatic rings. The van der Waals surface area contributed by atoms with E-state index < -0.39 is 0 Å². The van der Waals surface area contributed by atoms with Crippen LogP contribution in [0.25, 0.3) is 16.6 Å². The number of benzene rings is 1. The highest BCUT2D eigenvalue weighted by Gasteiger charge is 2.07. The Balaban J connectivity index is 2.10. The average molecular weight is 269 g/mol. The third-order valence-electron chi connectivity index (χ3n) is 3.30. The Morgan fingerprint density at radius 2 is 2.15 bits per heavy atom. The monoisotopic (exact) mass is 269 g/mol. The van der Waals surface area contributed by atoms with Gasteiger partial charge in [-0.15, -0.1) is 0 Å². The van der Waals surface area contributed by atoms with Crippen LogP contribution in [-0.4, -0.2) is 26.5 Å². The van der Waals surface area contributed by atoms with Crippen molar-refractivity contribution in [2.45, 2.75) is 12.8 Å². The van der Waals surface area contributed by atoms with E-state index in [0.29, 0.717) is 6.42 Å². The fourth-order valence-corrected chi connectivity index (χ4v) is 2.29. The number of rotatable bonds is 4. The minimum absolute atomic E-state index is 0.0627. The number of aliphatic hydroxyl groups excluding tert-OH is 1. The van der Waals surface area contributed by atoms with Gasteiger partial charge in [-0.2, -0.15) is 5.10 Å². The van der Waals surface area contributed by atoms with Crippen LogP contribution in [0.15, 0.2) is 47.4 Å². The van der Waals surface area contributed by atoms with Gasteiger partial charge in [0, 0.05) is 35.6 Å². The van der Waals surface area contributed by atoms with E-state index in [4.69, 9.17) is 5.11 Å². The minimum atomic E-state index is -0.0627. The van der Waals surface area contributed by atoms with Crippen molar-refractivity contribution in [1.82, 2.24) is 14.8 Å². The molecule has 0 saturated heterocycles. The van der Waals surface area contributed by atoms with Crippen molar-refractivity contribution in [3.05, 3.63) is 58.6 Å². The number of aliphatic hydroxyl groups is 1. The number of aryl methyl sites for hydroxylation is 1. The number of hydrogen-bond donors (Lipinski definition) is 2. The number of pyridine rings is 1. The average Bonchev–Trinajstić information content (AvgIpc) is 2.88. The van der Waals surface area contributed by atoms with Crippen molar-refractivity contribution in [1.29, 1.82) is 0 Å². The summed E-state index contributed by atoms with van der Waals surface area (Å²) in [6, 6.07) is 10.8. The molecule has 20 heavy (non-hydrogen) atoms. The highest BCUT2D eigenvalue weighted by atomic mass is 16.2. The zero-order valence-corrected chi connectivity index (χ0v) is 10.9. The molecule has 0 radical (unpaired) electrons. The molecule has 0 bridgehead atoms. The lowest BCUT2D eigenvalue weighted by Gasteiger charge is -2.05. The lowest BCUT2D eigenvalue weighted by atomic mass is 10.1. The Hall–Kier alpha value is -2.40. The first kappa shape index (κ1) is 12.6. The van der Waals surface area contributed by atoms with Gasteiger partial charge in [-0.05, 0) is 37.1 Å². The van der Waals surface area contributed by atoms with Crippen LogP contribution in [0, 0.1) is 0 Å². The van der Waals surface area contributed by atoms with Gasteiger partial charge in [-0.1, -0.05) is 6.07 Å². The van der Waals surface area contributed by atoms with Gasteiger partial charge < -0.3 is 5.11 Å². The molecular formula is C15H15N3O2. The Morgan fingerprint density at radius 1 is 1.25 bits per heavy atom. The largest absolute Gasteiger partial charge is 0.396 e. The number of nitrogens with one attached hydrogen (secondary N) is 1. The van der Waals surface area contributed by atoms with Gasteiger partial charge in [0.05, 0.1) is 5.52 Å². The topological polar surface area (TPSA) is 70.9 Å². The Morgan fingerprint density at radius 3 is 2.95 bits per heavy atom. The summed E-state index contributed by atoms with van der Waals surface area (Å²) in [7, 11) is 0. The van der Waals surface area contributed by atoms with Crippen LogP contribution in [0.4, 0.5) is 0 Å². The van der Waals surface area contributed by atoms with Crippen molar-refractivity contribution in [2.75, 3.05) is 6.61 Å². The molecule has 3 rings (SSSR count). The van der Waals surface area contributed by atoms with Gasteiger partial charge >= 0.3 is 0 Å². The zero-order chi connectivity index (χ0) is 13.9. The van der Waals surface area contributed by atoms with E-state index in [1.807, 2.05) is 24.3 Å². The maximum atomic E-state index is 11.9. The standard InChI is InChI=1S/C15H15N3O2/c19-9-3-4-13-12-10-11(6-7-14(12)17-16-13)18-8-2-1-5-15(18)20/h1-2,5-8,10,19H,3-4,9H2,(H,16,17). The quantitative estimate of drug-likeness (QED) is 0.756. The fourth-order valence-electron chi connectivity index (χ4n) is 2.29. The summed E-state index contributed by atoms with van der Waals surface area (Å²) in [5.74, 6) is 0. The van der Waals surface area contributed by atoms with Crippen LogP contribution in [0.3, 0.4) is 0 Å². The maximum Gasteiger partial charge on any atom is 0.255 e. The van der Waals surface area contributed by atoms with Crippen LogP contribution in [0.2, 0.25) is 0 Å². The molecule has 0 aliphatic carbocycles. The SMILES string of the molecule is O=c1ccccn1-c1ccc2n[nH]c(CCCO)c2c1. The first-order chi connectivity index (χ1) is 9.79. The van der Waals surface area contributed by atoms with Crippen LogP contribution >= 0.6 is 0 Å². The van der Waals surface area contributed by atoms with Gasteiger partial charge in [0.1, 0.15) is 0 Å². The fraction of sp³-hybridized carbons (Fsp3) is 0.200. The lowest BCUT2D eigenvalue weighted by molar-refractivity contribution is 0.288. The lowest BCUT2D eigenvalue weighted by Crippen LogP contribution is -2.15. The highest BCUT2D eigenvalue weighted by molar-refractivity contribution is 5.83. The summed E-state index contributed by atoms with van der Waals surface area (Å²) in [6.45, 7) is 0.151. The van der Waals surface area contributed by atoms with Gasteiger partial charge in [0.25, 0.3) is 5.56 Å². The zero-order valence-electron chi connectivity index (χ0n) is 10.9. The first-order valence-corrected chi connectivity index (χ1v) is 6.55. The summed E-state index contributed by atoms with van der Waals surface area (Å²) in [5.41, 5.74) is 2.60. The predicted molar refractivity (Wildman–Crippen MR) is 77.1 cm³/mol. The Labute approximate surface area is 115 Å². The molecule has 0 amide bonds. The van der Waals surface area contributed by atoms with Crippen molar-refractivity contribution in [3.63, 3.8) is 0 Å². The van der Waals surface area contributed by atoms with E-state index in [1.54, 1.807) is 16.8 Å². The molecule has 0 atom stereocenters. The molecule has 2 heterocycles. The van der Waals surface area contributed by atoms with Crippen molar-refractivity contribution < 1.29 is 5.11 Å². The van der Waals surface area contributed by atoms with Gasteiger partial charge in [-0.3, -0.25) is 14.5 Å². The van der Waals surface area contributed by atoms with Crippen molar-refractivity contribution in [2.24, 2.45) is 0 Å². The summed E-state index contributed by atoms with van der Waals surface area (Å²) in [5, 5.41) is 17.1. The molecule has 2 aromatic heterocycles. The molecule has 0 aliphatic rings. The van der Waals surface area contributed by atoms with E-state index in [0.717, 1.165) is 28.7 Å². The van der Waals surface area contributed by atoms with Crippen LogP contribution in [0.5, 0.6) is 0 Å². The van der Waals surface area contributed by atoms with E-state index in [9.17, 15) is 4.79 Å². The maximum absolute atomic E-state index is 11.9. The summed E-state index contributed by atoms with van der Waals surface area (Å²) in [6.07, 6.45) is 3.17. The number of hydrogen-bond acceptors (Lipinski definition) is 3. The number of fused-ring (bicyclic) bond motifs is 1. The molecule has 0 spiro atoms. The number of H-pyrrole nitrogens is 1. The number of nitrogens with zero attached hydrogens (tertiary/aromatic N) is 2. The summed E-state index contributed by atoms with van der Waals surface area (Å²) in [4.78, 5) is 11.9. The molecule has 1 aromatic carbocycles. The van der Waals surface area contributed by atoms with Crippen molar-refractivity contribution >= 4 is 10.9 Å². The second-order valence-corrected chi connectivity index (χ2v) is 4.64. The molecule has 5 nitrogen and oxygen atoms in total. The molecule has 0 saturated carbocycles. The highest BCUT2D eigenvalue weighted by Crippen LogP contribution is 2.20. The van der Waals surface area contributed by atoms with Crippen LogP contribution in [-0.2, 0) is 6.42 Å². The van der Waals surface area contributed by atoms with Gasteiger partial charge in [0.15, 0.2) is 0 Å². The third kappa shape index (κ3) is 2.23. The number of aromatic amines is 1. The second-order valence-electron chi connectivity index (χ2n) is 4.64. The molecule has 0 aliphatic heterocycles. The number of aromatic nitrogens is 3. The van der Waals surface area contributed by atoms with Gasteiger partial charge in [0.2, 0.25) is 0 Å². The second kappa shape index (κ2) is 5.30. The summed E-state index contributed by atoms with van der Waals surface area (Å²) < 4.78 is 1.60. The Bertz CT molecular complexity index is 789. The molecule has 5 heteroatoms. The molecule has 0 unspecified atom stereocenters. The first-order valence-electron chi connectivity index (χ1n) is 6.55. The Kier molecular flexibility index (Phi) is 3.35. The normalized spacial score (nSPS) is 11.1. The molecule has 2 N–H and O–H groups in total. The minimum Gasteiger partial charge on any atom is -0.396 e. The third-order valence-corrected chi connectivity index (χ3v) is 3.30.